The minimum atomic E-state index is -4.38. The molecular weight excluding hydrogens is 335 g/mol. The molecule has 1 N–H and O–H groups in total. The molecule has 0 bridgehead atoms. The van der Waals surface area contributed by atoms with Crippen LogP contribution in [0.1, 0.15) is 12.5 Å². The number of nitrogens with one attached hydrogen (secondary N) is 1. The number of hydrogen-bond donors (Lipinski definition) is 1. The lowest BCUT2D eigenvalue weighted by atomic mass is 10.1. The Morgan fingerprint density at radius 1 is 1.32 bits per heavy atom. The van der Waals surface area contributed by atoms with E-state index < -0.39 is 11.7 Å². The number of ether oxygens (including phenoxy) is 1. The van der Waals surface area contributed by atoms with Crippen molar-refractivity contribution in [3.8, 4) is 5.88 Å². The lowest BCUT2D eigenvalue weighted by molar-refractivity contribution is -0.137. The zero-order valence-electron chi connectivity index (χ0n) is 13.4. The number of fused-ring (bicyclic) bond motifs is 1. The molecule has 0 spiro atoms. The number of halogens is 3. The van der Waals surface area contributed by atoms with Crippen LogP contribution < -0.4 is 15.0 Å². The third-order valence-corrected chi connectivity index (χ3v) is 3.79. The second-order valence-electron chi connectivity index (χ2n) is 5.66. The van der Waals surface area contributed by atoms with Crippen LogP contribution in [0.2, 0.25) is 0 Å². The van der Waals surface area contributed by atoms with E-state index in [2.05, 4.69) is 10.3 Å². The van der Waals surface area contributed by atoms with E-state index in [-0.39, 0.29) is 18.6 Å². The molecule has 0 aliphatic carbocycles. The quantitative estimate of drug-likeness (QED) is 0.923. The molecule has 1 atom stereocenters. The summed E-state index contributed by atoms with van der Waals surface area (Å²) in [5.41, 5.74) is 0.561. The number of alkyl halides is 3. The molecule has 25 heavy (non-hydrogen) atoms. The first-order valence-corrected chi connectivity index (χ1v) is 7.65. The Balaban J connectivity index is 1.89. The van der Waals surface area contributed by atoms with E-state index in [4.69, 9.17) is 4.74 Å². The lowest BCUT2D eigenvalue weighted by Gasteiger charge is -2.35. The molecule has 1 aromatic heterocycles. The molecule has 1 aromatic carbocycles. The van der Waals surface area contributed by atoms with Gasteiger partial charge in [-0.25, -0.2) is 4.98 Å². The smallest absolute Gasteiger partial charge is 0.416 e. The van der Waals surface area contributed by atoms with E-state index in [1.54, 1.807) is 18.3 Å². The molecule has 132 valence electrons. The van der Waals surface area contributed by atoms with Crippen LogP contribution in [0.3, 0.4) is 0 Å². The first kappa shape index (κ1) is 17.1. The van der Waals surface area contributed by atoms with Gasteiger partial charge in [0.15, 0.2) is 0 Å². The number of aromatic nitrogens is 1. The van der Waals surface area contributed by atoms with Crippen molar-refractivity contribution in [3.63, 3.8) is 0 Å². The van der Waals surface area contributed by atoms with Gasteiger partial charge in [-0.15, -0.1) is 0 Å². The van der Waals surface area contributed by atoms with Crippen molar-refractivity contribution in [1.29, 1.82) is 0 Å². The standard InChI is InChI=1S/C17H16F3N3O2/c1-11(24)22-9-14-10-23(15-3-2-8-21-16(15)25-14)13-6-4-12(5-7-13)17(18,19)20/h2-8,14H,9-10H2,1H3,(H,22,24)/t14-/m1/s1. The number of benzene rings is 1. The predicted molar refractivity (Wildman–Crippen MR) is 85.8 cm³/mol. The van der Waals surface area contributed by atoms with Crippen molar-refractivity contribution < 1.29 is 22.7 Å². The van der Waals surface area contributed by atoms with Gasteiger partial charge in [-0.05, 0) is 36.4 Å². The van der Waals surface area contributed by atoms with E-state index in [0.29, 0.717) is 23.8 Å². The Hall–Kier alpha value is -2.77. The van der Waals surface area contributed by atoms with Gasteiger partial charge in [0.05, 0.1) is 18.7 Å². The molecular formula is C17H16F3N3O2. The summed E-state index contributed by atoms with van der Waals surface area (Å²) >= 11 is 0. The fraction of sp³-hybridized carbons (Fsp3) is 0.294. The van der Waals surface area contributed by atoms with Gasteiger partial charge >= 0.3 is 6.18 Å². The molecule has 0 fully saturated rings. The molecule has 2 aromatic rings. The number of nitrogens with zero attached hydrogens (tertiary/aromatic N) is 2. The number of carbonyl (C=O) groups is 1. The van der Waals surface area contributed by atoms with Crippen molar-refractivity contribution in [1.82, 2.24) is 10.3 Å². The van der Waals surface area contributed by atoms with Crippen LogP contribution in [-0.4, -0.2) is 30.1 Å². The van der Waals surface area contributed by atoms with Crippen molar-refractivity contribution in [3.05, 3.63) is 48.2 Å². The van der Waals surface area contributed by atoms with Crippen LogP contribution in [0.5, 0.6) is 5.88 Å². The average Bonchev–Trinajstić information content (AvgIpc) is 2.58. The van der Waals surface area contributed by atoms with E-state index >= 15 is 0 Å². The van der Waals surface area contributed by atoms with Crippen molar-refractivity contribution in [2.75, 3.05) is 18.0 Å². The van der Waals surface area contributed by atoms with Crippen LogP contribution in [0, 0.1) is 0 Å². The maximum atomic E-state index is 12.8. The number of rotatable bonds is 3. The Morgan fingerprint density at radius 3 is 2.68 bits per heavy atom. The van der Waals surface area contributed by atoms with Crippen LogP contribution in [0.4, 0.5) is 24.5 Å². The van der Waals surface area contributed by atoms with E-state index in [9.17, 15) is 18.0 Å². The molecule has 0 saturated carbocycles. The molecule has 1 aliphatic heterocycles. The summed E-state index contributed by atoms with van der Waals surface area (Å²) in [6, 6.07) is 8.44. The fourth-order valence-corrected chi connectivity index (χ4v) is 2.61. The summed E-state index contributed by atoms with van der Waals surface area (Å²) in [5.74, 6) is 0.195. The van der Waals surface area contributed by atoms with E-state index in [1.807, 2.05) is 4.90 Å². The Labute approximate surface area is 142 Å². The molecule has 0 unspecified atom stereocenters. The molecule has 1 amide bonds. The summed E-state index contributed by atoms with van der Waals surface area (Å²) in [4.78, 5) is 17.1. The molecule has 0 saturated heterocycles. The number of pyridine rings is 1. The molecule has 0 radical (unpaired) electrons. The van der Waals surface area contributed by atoms with Gasteiger partial charge in [0, 0.05) is 18.8 Å². The first-order chi connectivity index (χ1) is 11.8. The monoisotopic (exact) mass is 351 g/mol. The second kappa shape index (κ2) is 6.62. The highest BCUT2D eigenvalue weighted by Gasteiger charge is 2.31. The third kappa shape index (κ3) is 3.84. The van der Waals surface area contributed by atoms with Gasteiger partial charge in [-0.3, -0.25) is 4.79 Å². The molecule has 1 aliphatic rings. The van der Waals surface area contributed by atoms with Gasteiger partial charge in [0.1, 0.15) is 11.8 Å². The lowest BCUT2D eigenvalue weighted by Crippen LogP contribution is -2.44. The summed E-state index contributed by atoms with van der Waals surface area (Å²) in [6.07, 6.45) is -3.17. The minimum Gasteiger partial charge on any atom is -0.469 e. The van der Waals surface area contributed by atoms with Crippen molar-refractivity contribution in [2.45, 2.75) is 19.2 Å². The van der Waals surface area contributed by atoms with Gasteiger partial charge in [-0.2, -0.15) is 13.2 Å². The summed E-state index contributed by atoms with van der Waals surface area (Å²) in [6.45, 7) is 2.06. The highest BCUT2D eigenvalue weighted by atomic mass is 19.4. The maximum Gasteiger partial charge on any atom is 0.416 e. The number of amides is 1. The first-order valence-electron chi connectivity index (χ1n) is 7.65. The summed E-state index contributed by atoms with van der Waals surface area (Å²) in [7, 11) is 0. The summed E-state index contributed by atoms with van der Waals surface area (Å²) in [5, 5.41) is 2.68. The Kier molecular flexibility index (Phi) is 4.52. The number of carbonyl (C=O) groups excluding carboxylic acids is 1. The maximum absolute atomic E-state index is 12.8. The third-order valence-electron chi connectivity index (χ3n) is 3.79. The van der Waals surface area contributed by atoms with Gasteiger partial charge in [-0.1, -0.05) is 0 Å². The van der Waals surface area contributed by atoms with E-state index in [1.165, 1.54) is 19.1 Å². The molecule has 2 heterocycles. The van der Waals surface area contributed by atoms with Crippen LogP contribution in [0.15, 0.2) is 42.6 Å². The van der Waals surface area contributed by atoms with Crippen molar-refractivity contribution in [2.24, 2.45) is 0 Å². The Morgan fingerprint density at radius 2 is 2.04 bits per heavy atom. The molecule has 5 nitrogen and oxygen atoms in total. The normalized spacial score (nSPS) is 16.8. The topological polar surface area (TPSA) is 54.5 Å². The van der Waals surface area contributed by atoms with Gasteiger partial charge < -0.3 is 15.0 Å². The van der Waals surface area contributed by atoms with Gasteiger partial charge in [0.25, 0.3) is 0 Å². The Bertz CT molecular complexity index is 762. The molecule has 8 heteroatoms. The van der Waals surface area contributed by atoms with Crippen LogP contribution in [0.25, 0.3) is 0 Å². The summed E-state index contributed by atoms with van der Waals surface area (Å²) < 4.78 is 44.0. The second-order valence-corrected chi connectivity index (χ2v) is 5.66. The largest absolute Gasteiger partial charge is 0.469 e. The fourth-order valence-electron chi connectivity index (χ4n) is 2.61. The average molecular weight is 351 g/mol. The van der Waals surface area contributed by atoms with Gasteiger partial charge in [0.2, 0.25) is 11.8 Å². The van der Waals surface area contributed by atoms with Crippen molar-refractivity contribution >= 4 is 17.3 Å². The minimum absolute atomic E-state index is 0.184. The molecule has 3 rings (SSSR count). The predicted octanol–water partition coefficient (Wildman–Crippen LogP) is 3.14. The SMILES string of the molecule is CC(=O)NC[C@@H]1CN(c2ccc(C(F)(F)F)cc2)c2cccnc2O1. The highest BCUT2D eigenvalue weighted by Crippen LogP contribution is 2.37. The zero-order valence-corrected chi connectivity index (χ0v) is 13.4. The number of anilines is 2. The van der Waals surface area contributed by atoms with E-state index in [0.717, 1.165) is 12.1 Å². The van der Waals surface area contributed by atoms with Crippen LogP contribution in [-0.2, 0) is 11.0 Å². The zero-order chi connectivity index (χ0) is 18.0. The number of hydrogen-bond acceptors (Lipinski definition) is 4. The van der Waals surface area contributed by atoms with Crippen LogP contribution >= 0.6 is 0 Å². The highest BCUT2D eigenvalue weighted by molar-refractivity contribution is 5.73.